The Hall–Kier alpha value is -1.06. The highest BCUT2D eigenvalue weighted by Gasteiger charge is 2.25. The smallest absolute Gasteiger partial charge is 0.122 e. The van der Waals surface area contributed by atoms with Crippen molar-refractivity contribution in [2.24, 2.45) is 5.92 Å². The molecule has 1 heterocycles. The Kier molecular flexibility index (Phi) is 5.67. The fourth-order valence-electron chi connectivity index (χ4n) is 2.46. The Labute approximate surface area is 116 Å². The van der Waals surface area contributed by atoms with Gasteiger partial charge >= 0.3 is 0 Å². The molecule has 1 aromatic rings. The van der Waals surface area contributed by atoms with E-state index >= 15 is 0 Å². The second-order valence-corrected chi connectivity index (χ2v) is 5.26. The van der Waals surface area contributed by atoms with Crippen LogP contribution in [0.3, 0.4) is 0 Å². The van der Waals surface area contributed by atoms with Gasteiger partial charge in [0.2, 0.25) is 0 Å². The molecule has 0 aliphatic carbocycles. The molecule has 1 aliphatic rings. The minimum Gasteiger partial charge on any atom is -0.492 e. The maximum absolute atomic E-state index is 5.99. The molecule has 0 aromatic heterocycles. The lowest BCUT2D eigenvalue weighted by molar-refractivity contribution is 0.160. The molecule has 3 heteroatoms. The second-order valence-electron chi connectivity index (χ2n) is 5.26. The fraction of sp³-hybridized carbons (Fsp3) is 0.625. The molecule has 1 N–H and O–H groups in total. The molecule has 2 unspecified atom stereocenters. The lowest BCUT2D eigenvalue weighted by atomic mass is 9.99. The predicted molar refractivity (Wildman–Crippen MR) is 77.7 cm³/mol. The van der Waals surface area contributed by atoms with Gasteiger partial charge in [-0.15, -0.1) is 0 Å². The molecule has 1 saturated heterocycles. The van der Waals surface area contributed by atoms with E-state index in [1.807, 2.05) is 18.2 Å². The molecule has 0 spiro atoms. The van der Waals surface area contributed by atoms with Crippen molar-refractivity contribution in [3.63, 3.8) is 0 Å². The van der Waals surface area contributed by atoms with Gasteiger partial charge in [0, 0.05) is 18.6 Å². The standard InChI is InChI=1S/C16H25NO2/c1-3-9-17-15(14-8-10-18-11-14)12-19-16-7-5-4-6-13(16)2/h4-7,14-15,17H,3,8-12H2,1-2H3. The number of para-hydroxylation sites is 1. The van der Waals surface area contributed by atoms with Crippen molar-refractivity contribution in [1.29, 1.82) is 0 Å². The topological polar surface area (TPSA) is 30.5 Å². The van der Waals surface area contributed by atoms with E-state index in [0.29, 0.717) is 12.0 Å². The van der Waals surface area contributed by atoms with Gasteiger partial charge in [-0.25, -0.2) is 0 Å². The molecule has 0 radical (unpaired) electrons. The zero-order chi connectivity index (χ0) is 13.5. The summed E-state index contributed by atoms with van der Waals surface area (Å²) in [5, 5.41) is 3.60. The van der Waals surface area contributed by atoms with E-state index in [1.165, 1.54) is 5.56 Å². The Balaban J connectivity index is 1.90. The lowest BCUT2D eigenvalue weighted by Crippen LogP contribution is -2.41. The maximum atomic E-state index is 5.99. The third kappa shape index (κ3) is 4.22. The monoisotopic (exact) mass is 263 g/mol. The second kappa shape index (κ2) is 7.51. The van der Waals surface area contributed by atoms with Crippen LogP contribution in [-0.2, 0) is 4.74 Å². The number of aryl methyl sites for hydroxylation is 1. The van der Waals surface area contributed by atoms with E-state index in [-0.39, 0.29) is 0 Å². The van der Waals surface area contributed by atoms with Crippen LogP contribution in [0.2, 0.25) is 0 Å². The van der Waals surface area contributed by atoms with Crippen LogP contribution < -0.4 is 10.1 Å². The minimum absolute atomic E-state index is 0.391. The van der Waals surface area contributed by atoms with E-state index in [9.17, 15) is 0 Å². The minimum atomic E-state index is 0.391. The first-order valence-corrected chi connectivity index (χ1v) is 7.30. The molecule has 106 valence electrons. The molecular formula is C16H25NO2. The third-order valence-corrected chi connectivity index (χ3v) is 3.70. The van der Waals surface area contributed by atoms with Crippen LogP contribution in [0.25, 0.3) is 0 Å². The van der Waals surface area contributed by atoms with Gasteiger partial charge in [0.05, 0.1) is 6.61 Å². The molecule has 0 saturated carbocycles. The Morgan fingerprint density at radius 2 is 2.26 bits per heavy atom. The van der Waals surface area contributed by atoms with Crippen molar-refractivity contribution < 1.29 is 9.47 Å². The normalized spacial score (nSPS) is 20.4. The molecule has 3 nitrogen and oxygen atoms in total. The molecule has 0 amide bonds. The molecule has 19 heavy (non-hydrogen) atoms. The Morgan fingerprint density at radius 1 is 1.42 bits per heavy atom. The average molecular weight is 263 g/mol. The van der Waals surface area contributed by atoms with E-state index < -0.39 is 0 Å². The average Bonchev–Trinajstić information content (AvgIpc) is 2.94. The van der Waals surface area contributed by atoms with E-state index in [4.69, 9.17) is 9.47 Å². The van der Waals surface area contributed by atoms with Gasteiger partial charge in [-0.05, 0) is 37.9 Å². The first-order chi connectivity index (χ1) is 9.31. The largest absolute Gasteiger partial charge is 0.492 e. The van der Waals surface area contributed by atoms with Crippen LogP contribution in [0.5, 0.6) is 5.75 Å². The molecule has 1 aliphatic heterocycles. The van der Waals surface area contributed by atoms with Crippen molar-refractivity contribution in [3.05, 3.63) is 29.8 Å². The van der Waals surface area contributed by atoms with Crippen molar-refractivity contribution in [1.82, 2.24) is 5.32 Å². The highest BCUT2D eigenvalue weighted by molar-refractivity contribution is 5.31. The summed E-state index contributed by atoms with van der Waals surface area (Å²) in [7, 11) is 0. The van der Waals surface area contributed by atoms with Crippen LogP contribution in [-0.4, -0.2) is 32.4 Å². The van der Waals surface area contributed by atoms with Gasteiger partial charge in [-0.1, -0.05) is 25.1 Å². The van der Waals surface area contributed by atoms with Crippen LogP contribution in [0.4, 0.5) is 0 Å². The lowest BCUT2D eigenvalue weighted by Gasteiger charge is -2.24. The van der Waals surface area contributed by atoms with Crippen molar-refractivity contribution in [3.8, 4) is 5.75 Å². The van der Waals surface area contributed by atoms with Gasteiger partial charge in [0.15, 0.2) is 0 Å². The van der Waals surface area contributed by atoms with Crippen LogP contribution in [0.1, 0.15) is 25.3 Å². The molecule has 2 atom stereocenters. The Morgan fingerprint density at radius 3 is 2.95 bits per heavy atom. The summed E-state index contributed by atoms with van der Waals surface area (Å²) in [6, 6.07) is 8.58. The van der Waals surface area contributed by atoms with Crippen molar-refractivity contribution in [2.45, 2.75) is 32.7 Å². The van der Waals surface area contributed by atoms with Crippen molar-refractivity contribution >= 4 is 0 Å². The summed E-state index contributed by atoms with van der Waals surface area (Å²) < 4.78 is 11.5. The summed E-state index contributed by atoms with van der Waals surface area (Å²) in [5.74, 6) is 1.57. The summed E-state index contributed by atoms with van der Waals surface area (Å²) in [5.41, 5.74) is 1.19. The number of ether oxygens (including phenoxy) is 2. The maximum Gasteiger partial charge on any atom is 0.122 e. The third-order valence-electron chi connectivity index (χ3n) is 3.70. The summed E-state index contributed by atoms with van der Waals surface area (Å²) in [6.45, 7) is 7.79. The van der Waals surface area contributed by atoms with Crippen LogP contribution in [0.15, 0.2) is 24.3 Å². The summed E-state index contributed by atoms with van der Waals surface area (Å²) in [6.07, 6.45) is 2.28. The molecule has 1 aromatic carbocycles. The number of rotatable bonds is 7. The van der Waals surface area contributed by atoms with Gasteiger partial charge in [-0.3, -0.25) is 0 Å². The highest BCUT2D eigenvalue weighted by atomic mass is 16.5. The van der Waals surface area contributed by atoms with E-state index in [1.54, 1.807) is 0 Å². The summed E-state index contributed by atoms with van der Waals surface area (Å²) in [4.78, 5) is 0. The van der Waals surface area contributed by atoms with Gasteiger partial charge in [0.1, 0.15) is 12.4 Å². The van der Waals surface area contributed by atoms with Crippen LogP contribution >= 0.6 is 0 Å². The first-order valence-electron chi connectivity index (χ1n) is 7.30. The zero-order valence-corrected chi connectivity index (χ0v) is 12.0. The highest BCUT2D eigenvalue weighted by Crippen LogP contribution is 2.20. The molecule has 0 bridgehead atoms. The molecule has 1 fully saturated rings. The fourth-order valence-corrected chi connectivity index (χ4v) is 2.46. The molecular weight excluding hydrogens is 238 g/mol. The van der Waals surface area contributed by atoms with Crippen molar-refractivity contribution in [2.75, 3.05) is 26.4 Å². The Bertz CT molecular complexity index is 375. The number of hydrogen-bond acceptors (Lipinski definition) is 3. The summed E-state index contributed by atoms with van der Waals surface area (Å²) >= 11 is 0. The first kappa shape index (κ1) is 14.4. The van der Waals surface area contributed by atoms with Gasteiger partial charge in [0.25, 0.3) is 0 Å². The SMILES string of the molecule is CCCNC(COc1ccccc1C)C1CCOC1. The zero-order valence-electron chi connectivity index (χ0n) is 12.0. The van der Waals surface area contributed by atoms with Gasteiger partial charge < -0.3 is 14.8 Å². The van der Waals surface area contributed by atoms with Gasteiger partial charge in [-0.2, -0.15) is 0 Å². The number of nitrogens with one attached hydrogen (secondary N) is 1. The number of hydrogen-bond donors (Lipinski definition) is 1. The quantitative estimate of drug-likeness (QED) is 0.820. The van der Waals surface area contributed by atoms with Crippen LogP contribution in [0, 0.1) is 12.8 Å². The van der Waals surface area contributed by atoms with E-state index in [0.717, 1.165) is 45.0 Å². The predicted octanol–water partition coefficient (Wildman–Crippen LogP) is 2.78. The molecule has 2 rings (SSSR count). The van der Waals surface area contributed by atoms with E-state index in [2.05, 4.69) is 25.2 Å². The number of benzene rings is 1.